The zero-order chi connectivity index (χ0) is 18.7. The molecule has 1 N–H and O–H groups in total. The molecule has 0 saturated carbocycles. The van der Waals surface area contributed by atoms with E-state index in [9.17, 15) is 9.59 Å². The molecular weight excluding hydrogens is 338 g/mol. The minimum absolute atomic E-state index is 0.111. The first kappa shape index (κ1) is 18.5. The van der Waals surface area contributed by atoms with Crippen molar-refractivity contribution in [2.24, 2.45) is 0 Å². The zero-order valence-corrected chi connectivity index (χ0v) is 15.4. The highest BCUT2D eigenvalue weighted by atomic mass is 16.5. The maximum Gasteiger partial charge on any atom is 0.253 e. The lowest BCUT2D eigenvalue weighted by Gasteiger charge is -2.30. The minimum Gasteiger partial charge on any atom is -0.497 e. The fraction of sp³-hybridized carbons (Fsp3) is 0.556. The second-order valence-electron chi connectivity index (χ2n) is 6.38. The maximum absolute atomic E-state index is 12.9. The van der Waals surface area contributed by atoms with Crippen molar-refractivity contribution in [1.82, 2.24) is 10.2 Å². The number of morpholine rings is 1. The van der Waals surface area contributed by atoms with Crippen LogP contribution in [0.5, 0.6) is 11.5 Å². The molecule has 0 aromatic heterocycles. The van der Waals surface area contributed by atoms with Gasteiger partial charge >= 0.3 is 0 Å². The fourth-order valence-corrected chi connectivity index (χ4v) is 3.33. The van der Waals surface area contributed by atoms with E-state index in [1.807, 2.05) is 0 Å². The molecule has 26 heavy (non-hydrogen) atoms. The van der Waals surface area contributed by atoms with Crippen LogP contribution in [0.4, 0.5) is 5.69 Å². The third kappa shape index (κ3) is 3.61. The smallest absolute Gasteiger partial charge is 0.253 e. The minimum atomic E-state index is -0.535. The molecule has 0 spiro atoms. The first-order chi connectivity index (χ1) is 12.5. The standard InChI is InChI=1S/C18H25N3O5/c1-20(18(23)16-11-19-5-7-26-16)15-4-6-21(17(15)22)12-8-13(24-2)10-14(9-12)25-3/h8-10,15-16,19H,4-7,11H2,1-3H3. The van der Waals surface area contributed by atoms with Crippen molar-refractivity contribution in [3.8, 4) is 11.5 Å². The van der Waals surface area contributed by atoms with Gasteiger partial charge in [0.05, 0.1) is 26.5 Å². The second kappa shape index (κ2) is 7.92. The summed E-state index contributed by atoms with van der Waals surface area (Å²) in [4.78, 5) is 28.7. The predicted molar refractivity (Wildman–Crippen MR) is 95.7 cm³/mol. The molecule has 8 nitrogen and oxygen atoms in total. The quantitative estimate of drug-likeness (QED) is 0.808. The largest absolute Gasteiger partial charge is 0.497 e. The number of likely N-dealkylation sites (N-methyl/N-ethyl adjacent to an activating group) is 1. The molecule has 2 unspecified atom stereocenters. The number of carbonyl (C=O) groups is 2. The average molecular weight is 363 g/mol. The first-order valence-electron chi connectivity index (χ1n) is 8.68. The summed E-state index contributed by atoms with van der Waals surface area (Å²) in [5, 5.41) is 3.14. The van der Waals surface area contributed by atoms with Gasteiger partial charge in [-0.05, 0) is 6.42 Å². The van der Waals surface area contributed by atoms with Crippen molar-refractivity contribution in [3.05, 3.63) is 18.2 Å². The number of hydrogen-bond donors (Lipinski definition) is 1. The molecule has 0 bridgehead atoms. The summed E-state index contributed by atoms with van der Waals surface area (Å²) in [6.45, 7) is 2.24. The highest BCUT2D eigenvalue weighted by molar-refractivity contribution is 6.02. The van der Waals surface area contributed by atoms with Crippen molar-refractivity contribution in [2.75, 3.05) is 52.4 Å². The number of nitrogens with one attached hydrogen (secondary N) is 1. The van der Waals surface area contributed by atoms with Crippen LogP contribution in [-0.2, 0) is 14.3 Å². The molecule has 2 fully saturated rings. The summed E-state index contributed by atoms with van der Waals surface area (Å²) in [5.41, 5.74) is 0.699. The molecule has 3 rings (SSSR count). The van der Waals surface area contributed by atoms with Crippen LogP contribution in [0.25, 0.3) is 0 Å². The van der Waals surface area contributed by atoms with E-state index in [0.717, 1.165) is 6.54 Å². The molecule has 2 amide bonds. The van der Waals surface area contributed by atoms with Crippen molar-refractivity contribution in [3.63, 3.8) is 0 Å². The number of anilines is 1. The topological polar surface area (TPSA) is 80.3 Å². The van der Waals surface area contributed by atoms with E-state index < -0.39 is 12.1 Å². The Labute approximate surface area is 153 Å². The lowest BCUT2D eigenvalue weighted by molar-refractivity contribution is -0.148. The number of rotatable bonds is 5. The molecule has 1 aromatic carbocycles. The summed E-state index contributed by atoms with van der Waals surface area (Å²) in [6.07, 6.45) is 0.0355. The SMILES string of the molecule is COc1cc(OC)cc(N2CCC(N(C)C(=O)C3CNCCO3)C2=O)c1. The number of hydrogen-bond acceptors (Lipinski definition) is 6. The number of nitrogens with zero attached hydrogens (tertiary/aromatic N) is 2. The third-order valence-electron chi connectivity index (χ3n) is 4.84. The molecule has 2 atom stereocenters. The Morgan fingerprint density at radius 3 is 2.54 bits per heavy atom. The van der Waals surface area contributed by atoms with Gasteiger partial charge in [-0.2, -0.15) is 0 Å². The molecular formula is C18H25N3O5. The highest BCUT2D eigenvalue weighted by Gasteiger charge is 2.39. The van der Waals surface area contributed by atoms with Crippen LogP contribution in [0, 0.1) is 0 Å². The summed E-state index contributed by atoms with van der Waals surface area (Å²) in [5.74, 6) is 0.948. The summed E-state index contributed by atoms with van der Waals surface area (Å²) >= 11 is 0. The van der Waals surface area contributed by atoms with Crippen LogP contribution < -0.4 is 19.7 Å². The molecule has 2 heterocycles. The normalized spacial score (nSPS) is 23.0. The Balaban J connectivity index is 1.74. The van der Waals surface area contributed by atoms with Gasteiger partial charge in [0.1, 0.15) is 23.6 Å². The van der Waals surface area contributed by atoms with Crippen LogP contribution in [-0.4, -0.2) is 76.4 Å². The van der Waals surface area contributed by atoms with Gasteiger partial charge in [-0.1, -0.05) is 0 Å². The molecule has 1 aromatic rings. The van der Waals surface area contributed by atoms with E-state index in [1.165, 1.54) is 4.90 Å². The van der Waals surface area contributed by atoms with Gasteiger partial charge in [0, 0.05) is 44.9 Å². The summed E-state index contributed by atoms with van der Waals surface area (Å²) in [7, 11) is 4.80. The van der Waals surface area contributed by atoms with Gasteiger partial charge < -0.3 is 29.3 Å². The Hall–Kier alpha value is -2.32. The number of ether oxygens (including phenoxy) is 3. The highest BCUT2D eigenvalue weighted by Crippen LogP contribution is 2.31. The van der Waals surface area contributed by atoms with Crippen molar-refractivity contribution < 1.29 is 23.8 Å². The Morgan fingerprint density at radius 1 is 1.27 bits per heavy atom. The van der Waals surface area contributed by atoms with Gasteiger partial charge in [-0.15, -0.1) is 0 Å². The van der Waals surface area contributed by atoms with Crippen LogP contribution in [0.1, 0.15) is 6.42 Å². The van der Waals surface area contributed by atoms with E-state index >= 15 is 0 Å². The van der Waals surface area contributed by atoms with Crippen molar-refractivity contribution in [1.29, 1.82) is 0 Å². The Morgan fingerprint density at radius 2 is 1.96 bits per heavy atom. The number of amides is 2. The summed E-state index contributed by atoms with van der Waals surface area (Å²) in [6, 6.07) is 4.84. The Kier molecular flexibility index (Phi) is 5.63. The average Bonchev–Trinajstić information content (AvgIpc) is 3.08. The maximum atomic E-state index is 12.9. The zero-order valence-electron chi connectivity index (χ0n) is 15.4. The Bertz CT molecular complexity index is 653. The van der Waals surface area contributed by atoms with Crippen molar-refractivity contribution >= 4 is 17.5 Å². The lowest BCUT2D eigenvalue weighted by atomic mass is 10.2. The molecule has 8 heteroatoms. The fourth-order valence-electron chi connectivity index (χ4n) is 3.33. The number of methoxy groups -OCH3 is 2. The number of carbonyl (C=O) groups excluding carboxylic acids is 2. The predicted octanol–water partition coefficient (Wildman–Crippen LogP) is 0.256. The molecule has 2 saturated heterocycles. The summed E-state index contributed by atoms with van der Waals surface area (Å²) < 4.78 is 16.1. The first-order valence-corrected chi connectivity index (χ1v) is 8.68. The monoisotopic (exact) mass is 363 g/mol. The molecule has 0 radical (unpaired) electrons. The van der Waals surface area contributed by atoms with E-state index in [2.05, 4.69) is 5.32 Å². The molecule has 2 aliphatic rings. The van der Waals surface area contributed by atoms with Crippen LogP contribution in [0.3, 0.4) is 0 Å². The molecule has 0 aliphatic carbocycles. The van der Waals surface area contributed by atoms with E-state index in [4.69, 9.17) is 14.2 Å². The van der Waals surface area contributed by atoms with E-state index in [-0.39, 0.29) is 11.8 Å². The van der Waals surface area contributed by atoms with E-state index in [1.54, 1.807) is 44.4 Å². The van der Waals surface area contributed by atoms with Gasteiger partial charge in [-0.3, -0.25) is 9.59 Å². The van der Waals surface area contributed by atoms with Gasteiger partial charge in [-0.25, -0.2) is 0 Å². The third-order valence-corrected chi connectivity index (χ3v) is 4.84. The van der Waals surface area contributed by atoms with E-state index in [0.29, 0.717) is 43.3 Å². The lowest BCUT2D eigenvalue weighted by Crippen LogP contribution is -2.52. The van der Waals surface area contributed by atoms with Crippen LogP contribution >= 0.6 is 0 Å². The number of benzene rings is 1. The van der Waals surface area contributed by atoms with Crippen LogP contribution in [0.2, 0.25) is 0 Å². The van der Waals surface area contributed by atoms with Crippen molar-refractivity contribution in [2.45, 2.75) is 18.6 Å². The van der Waals surface area contributed by atoms with Gasteiger partial charge in [0.25, 0.3) is 5.91 Å². The molecule has 142 valence electrons. The second-order valence-corrected chi connectivity index (χ2v) is 6.38. The van der Waals surface area contributed by atoms with Crippen LogP contribution in [0.15, 0.2) is 18.2 Å². The molecule has 2 aliphatic heterocycles. The van der Waals surface area contributed by atoms with Gasteiger partial charge in [0.15, 0.2) is 0 Å². The van der Waals surface area contributed by atoms with Gasteiger partial charge in [0.2, 0.25) is 5.91 Å².